The molecule has 0 bridgehead atoms. The van der Waals surface area contributed by atoms with E-state index in [0.717, 1.165) is 12.8 Å². The Morgan fingerprint density at radius 2 is 2.06 bits per heavy atom. The highest BCUT2D eigenvalue weighted by atomic mass is 35.5. The van der Waals surface area contributed by atoms with Crippen LogP contribution in [0.15, 0.2) is 22.6 Å². The third kappa shape index (κ3) is 6.38. The quantitative estimate of drug-likeness (QED) is 0.513. The van der Waals surface area contributed by atoms with Gasteiger partial charge in [-0.2, -0.15) is 8.78 Å². The number of carbonyl (C=O) groups is 2. The minimum Gasteiger partial charge on any atom is -0.489 e. The number of halogens is 3. The Balaban J connectivity index is 0.00000342. The average Bonchev–Trinajstić information content (AvgIpc) is 3.52. The second kappa shape index (κ2) is 11.2. The number of morpholine rings is 1. The van der Waals surface area contributed by atoms with Gasteiger partial charge in [-0.3, -0.25) is 4.79 Å². The van der Waals surface area contributed by atoms with Gasteiger partial charge < -0.3 is 34.4 Å². The van der Waals surface area contributed by atoms with Gasteiger partial charge in [-0.15, -0.1) is 12.4 Å². The van der Waals surface area contributed by atoms with Crippen molar-refractivity contribution in [2.24, 2.45) is 11.7 Å². The second-order valence-corrected chi connectivity index (χ2v) is 8.26. The van der Waals surface area contributed by atoms with Crippen molar-refractivity contribution in [3.63, 3.8) is 0 Å². The Kier molecular flexibility index (Phi) is 8.51. The normalized spacial score (nSPS) is 18.7. The number of ether oxygens (including phenoxy) is 3. The molecule has 2 fully saturated rings. The number of hydrogen-bond acceptors (Lipinski definition) is 8. The molecule has 192 valence electrons. The number of hydrogen-bond donors (Lipinski definition) is 2. The highest BCUT2D eigenvalue weighted by Gasteiger charge is 2.33. The molecular formula is C22H26ClF2N3O7. The maximum atomic E-state index is 13.1. The zero-order valence-electron chi connectivity index (χ0n) is 18.8. The Morgan fingerprint density at radius 3 is 2.69 bits per heavy atom. The number of aliphatic carboxylic acids is 1. The third-order valence-corrected chi connectivity index (χ3v) is 5.48. The van der Waals surface area contributed by atoms with E-state index in [4.69, 9.17) is 19.6 Å². The summed E-state index contributed by atoms with van der Waals surface area (Å²) in [6.45, 7) is -0.938. The van der Waals surface area contributed by atoms with Crippen LogP contribution in [0.3, 0.4) is 0 Å². The second-order valence-electron chi connectivity index (χ2n) is 8.26. The first-order valence-corrected chi connectivity index (χ1v) is 10.8. The molecule has 2 atom stereocenters. The molecule has 1 amide bonds. The highest BCUT2D eigenvalue weighted by Crippen LogP contribution is 2.37. The number of carbonyl (C=O) groups excluding carboxylic acids is 1. The molecular weight excluding hydrogens is 492 g/mol. The van der Waals surface area contributed by atoms with Crippen LogP contribution in [0.25, 0.3) is 11.5 Å². The molecule has 13 heteroatoms. The van der Waals surface area contributed by atoms with E-state index in [-0.39, 0.29) is 60.9 Å². The van der Waals surface area contributed by atoms with Crippen molar-refractivity contribution in [1.82, 2.24) is 9.88 Å². The highest BCUT2D eigenvalue weighted by molar-refractivity contribution is 5.94. The number of alkyl halides is 2. The number of aromatic nitrogens is 1. The van der Waals surface area contributed by atoms with Crippen LogP contribution < -0.4 is 15.2 Å². The molecule has 4 rings (SSSR count). The fourth-order valence-corrected chi connectivity index (χ4v) is 3.49. The summed E-state index contributed by atoms with van der Waals surface area (Å²) in [5.41, 5.74) is 6.32. The number of rotatable bonds is 9. The van der Waals surface area contributed by atoms with Crippen LogP contribution >= 0.6 is 12.4 Å². The van der Waals surface area contributed by atoms with Gasteiger partial charge in [0.1, 0.15) is 0 Å². The molecule has 10 nitrogen and oxygen atoms in total. The van der Waals surface area contributed by atoms with E-state index in [1.807, 2.05) is 0 Å². The molecule has 35 heavy (non-hydrogen) atoms. The first kappa shape index (κ1) is 26.6. The van der Waals surface area contributed by atoms with Crippen LogP contribution in [-0.2, 0) is 9.53 Å². The zero-order valence-corrected chi connectivity index (χ0v) is 19.6. The van der Waals surface area contributed by atoms with Crippen molar-refractivity contribution < 1.29 is 42.1 Å². The van der Waals surface area contributed by atoms with Crippen molar-refractivity contribution in [2.45, 2.75) is 38.5 Å². The van der Waals surface area contributed by atoms with Crippen LogP contribution in [0.2, 0.25) is 0 Å². The van der Waals surface area contributed by atoms with Crippen LogP contribution in [0, 0.1) is 5.92 Å². The lowest BCUT2D eigenvalue weighted by molar-refractivity contribution is -0.154. The molecule has 3 N–H and O–H groups in total. The lowest BCUT2D eigenvalue weighted by atomic mass is 10.2. The molecule has 1 aliphatic heterocycles. The standard InChI is InChI=1S/C22H25F2N3O7.ClH/c1-11(25)18-17(20(28)27-6-7-31-16(9-27)21(29)30)26-19(34-18)13-4-5-14(33-22(23)24)15(8-13)32-10-12-2-3-12;/h4-5,8,11-12,16,22H,2-3,6-7,9-10,25H2,1H3,(H,29,30);1H/t11-,16?;/m0./s1. The van der Waals surface area contributed by atoms with Gasteiger partial charge in [0, 0.05) is 12.1 Å². The molecule has 1 aromatic carbocycles. The van der Waals surface area contributed by atoms with Crippen LogP contribution in [0.1, 0.15) is 42.1 Å². The third-order valence-electron chi connectivity index (χ3n) is 5.48. The number of nitrogens with two attached hydrogens (primary N) is 1. The monoisotopic (exact) mass is 517 g/mol. The fourth-order valence-electron chi connectivity index (χ4n) is 3.49. The summed E-state index contributed by atoms with van der Waals surface area (Å²) in [6.07, 6.45) is 0.881. The van der Waals surface area contributed by atoms with Crippen molar-refractivity contribution in [2.75, 3.05) is 26.3 Å². The van der Waals surface area contributed by atoms with E-state index in [9.17, 15) is 23.5 Å². The van der Waals surface area contributed by atoms with E-state index < -0.39 is 30.6 Å². The Bertz CT molecular complexity index is 1060. The number of amides is 1. The largest absolute Gasteiger partial charge is 0.489 e. The molecule has 1 saturated carbocycles. The summed E-state index contributed by atoms with van der Waals surface area (Å²) in [4.78, 5) is 30.0. The molecule has 1 unspecified atom stereocenters. The van der Waals surface area contributed by atoms with Gasteiger partial charge in [0.05, 0.1) is 25.8 Å². The van der Waals surface area contributed by atoms with Gasteiger partial charge in [0.25, 0.3) is 5.91 Å². The van der Waals surface area contributed by atoms with Gasteiger partial charge in [0.2, 0.25) is 5.89 Å². The first-order valence-electron chi connectivity index (χ1n) is 10.8. The zero-order chi connectivity index (χ0) is 24.4. The maximum absolute atomic E-state index is 13.1. The van der Waals surface area contributed by atoms with Crippen molar-refractivity contribution in [3.05, 3.63) is 29.7 Å². The molecule has 0 radical (unpaired) electrons. The summed E-state index contributed by atoms with van der Waals surface area (Å²) in [5.74, 6) is -1.19. The SMILES string of the molecule is C[C@H](N)c1oc(-c2ccc(OC(F)F)c(OCC3CC3)c2)nc1C(=O)N1CCOC(C(=O)O)C1.Cl. The predicted molar refractivity (Wildman–Crippen MR) is 120 cm³/mol. The van der Waals surface area contributed by atoms with Crippen molar-refractivity contribution in [1.29, 1.82) is 0 Å². The van der Waals surface area contributed by atoms with Crippen LogP contribution in [0.5, 0.6) is 11.5 Å². The van der Waals surface area contributed by atoms with Crippen molar-refractivity contribution in [3.8, 4) is 23.0 Å². The summed E-state index contributed by atoms with van der Waals surface area (Å²) in [6, 6.07) is 3.55. The first-order chi connectivity index (χ1) is 16.2. The molecule has 1 aliphatic carbocycles. The topological polar surface area (TPSA) is 137 Å². The molecule has 2 aliphatic rings. The summed E-state index contributed by atoms with van der Waals surface area (Å²) in [7, 11) is 0. The van der Waals surface area contributed by atoms with Gasteiger partial charge >= 0.3 is 12.6 Å². The predicted octanol–water partition coefficient (Wildman–Crippen LogP) is 3.10. The number of carboxylic acid groups (broad SMARTS) is 1. The maximum Gasteiger partial charge on any atom is 0.387 e. The van der Waals surface area contributed by atoms with Gasteiger partial charge in [-0.1, -0.05) is 0 Å². The number of oxazole rings is 1. The minimum atomic E-state index is -3.02. The molecule has 1 aromatic heterocycles. The van der Waals surface area contributed by atoms with Gasteiger partial charge in [0.15, 0.2) is 29.1 Å². The Morgan fingerprint density at radius 1 is 1.31 bits per heavy atom. The molecule has 0 spiro atoms. The van der Waals surface area contributed by atoms with Crippen LogP contribution in [-0.4, -0.2) is 65.9 Å². The number of benzene rings is 1. The number of nitrogens with zero attached hydrogens (tertiary/aromatic N) is 2. The molecule has 2 aromatic rings. The minimum absolute atomic E-state index is 0. The lowest BCUT2D eigenvalue weighted by Gasteiger charge is -2.30. The van der Waals surface area contributed by atoms with Crippen LogP contribution in [0.4, 0.5) is 8.78 Å². The number of carboxylic acids is 1. The molecule has 1 saturated heterocycles. The Labute approximate surface area is 205 Å². The van der Waals surface area contributed by atoms with E-state index in [1.54, 1.807) is 6.92 Å². The smallest absolute Gasteiger partial charge is 0.387 e. The average molecular weight is 518 g/mol. The summed E-state index contributed by atoms with van der Waals surface area (Å²) in [5, 5.41) is 9.20. The Hall–Kier alpha value is -2.96. The lowest BCUT2D eigenvalue weighted by Crippen LogP contribution is -2.48. The fraction of sp³-hybridized carbons (Fsp3) is 0.500. The van der Waals surface area contributed by atoms with E-state index >= 15 is 0 Å². The van der Waals surface area contributed by atoms with E-state index in [0.29, 0.717) is 18.1 Å². The van der Waals surface area contributed by atoms with E-state index in [2.05, 4.69) is 9.72 Å². The van der Waals surface area contributed by atoms with Gasteiger partial charge in [-0.05, 0) is 43.9 Å². The summed E-state index contributed by atoms with van der Waals surface area (Å²) >= 11 is 0. The van der Waals surface area contributed by atoms with E-state index in [1.165, 1.54) is 23.1 Å². The van der Waals surface area contributed by atoms with Gasteiger partial charge in [-0.25, -0.2) is 9.78 Å². The summed E-state index contributed by atoms with van der Waals surface area (Å²) < 4.78 is 46.8. The van der Waals surface area contributed by atoms with Crippen molar-refractivity contribution >= 4 is 24.3 Å². The molecule has 2 heterocycles.